The second-order valence-electron chi connectivity index (χ2n) is 6.22. The Bertz CT molecular complexity index is 1090. The fourth-order valence-electron chi connectivity index (χ4n) is 2.60. The van der Waals surface area contributed by atoms with Gasteiger partial charge >= 0.3 is 12.5 Å². The van der Waals surface area contributed by atoms with E-state index in [1.54, 1.807) is 18.2 Å². The molecule has 3 aromatic rings. The zero-order valence-corrected chi connectivity index (χ0v) is 16.5. The van der Waals surface area contributed by atoms with E-state index < -0.39 is 29.5 Å². The lowest BCUT2D eigenvalue weighted by molar-refractivity contribution is -0.274. The second-order valence-corrected chi connectivity index (χ2v) is 7.05. The first-order valence-electron chi connectivity index (χ1n) is 8.53. The van der Waals surface area contributed by atoms with Gasteiger partial charge in [0.1, 0.15) is 22.4 Å². The molecule has 0 aliphatic rings. The first kappa shape index (κ1) is 22.5. The summed E-state index contributed by atoms with van der Waals surface area (Å²) in [5.41, 5.74) is 4.09. The van der Waals surface area contributed by atoms with Gasteiger partial charge in [-0.2, -0.15) is 13.2 Å². The number of nitrogens with one attached hydrogen (secondary N) is 1. The van der Waals surface area contributed by atoms with Crippen LogP contribution in [0.15, 0.2) is 53.6 Å². The molecule has 0 unspecified atom stereocenters. The average molecular weight is 460 g/mol. The number of aromatic nitrogens is 2. The highest BCUT2D eigenvalue weighted by Gasteiger charge is 2.36. The summed E-state index contributed by atoms with van der Waals surface area (Å²) in [4.78, 5) is 8.03. The summed E-state index contributed by atoms with van der Waals surface area (Å²) in [5.74, 6) is -0.358. The normalized spacial score (nSPS) is 12.0. The lowest BCUT2D eigenvalue weighted by Crippen LogP contribution is -2.17. The Morgan fingerprint density at radius 2 is 1.71 bits per heavy atom. The second kappa shape index (κ2) is 8.53. The molecule has 0 saturated heterocycles. The number of benzene rings is 1. The van der Waals surface area contributed by atoms with Gasteiger partial charge in [0.05, 0.1) is 11.3 Å². The van der Waals surface area contributed by atoms with Crippen molar-refractivity contribution in [2.75, 3.05) is 10.5 Å². The fourth-order valence-corrected chi connectivity index (χ4v) is 3.22. The molecule has 0 spiro atoms. The molecule has 0 aliphatic heterocycles. The molecule has 3 rings (SSSR count). The Morgan fingerprint density at radius 3 is 2.35 bits per heavy atom. The molecule has 0 atom stereocenters. The monoisotopic (exact) mass is 460 g/mol. The van der Waals surface area contributed by atoms with Crippen molar-refractivity contribution < 1.29 is 31.1 Å². The molecule has 0 aliphatic carbocycles. The minimum atomic E-state index is -4.99. The van der Waals surface area contributed by atoms with Gasteiger partial charge in [0.15, 0.2) is 0 Å². The van der Waals surface area contributed by atoms with Gasteiger partial charge in [-0.25, -0.2) is 9.97 Å². The highest BCUT2D eigenvalue weighted by atomic mass is 32.2. The molecule has 31 heavy (non-hydrogen) atoms. The lowest BCUT2D eigenvalue weighted by atomic mass is 10.0. The van der Waals surface area contributed by atoms with Crippen LogP contribution in [0.2, 0.25) is 0 Å². The number of halogens is 6. The number of ether oxygens (including phenoxy) is 1. The summed E-state index contributed by atoms with van der Waals surface area (Å²) in [5, 5.41) is 0.444. The molecule has 0 fully saturated rings. The smallest absolute Gasteiger partial charge is 0.406 e. The van der Waals surface area contributed by atoms with Crippen molar-refractivity contribution in [3.8, 4) is 17.0 Å². The van der Waals surface area contributed by atoms with Crippen LogP contribution in [0.4, 0.5) is 38.0 Å². The van der Waals surface area contributed by atoms with Gasteiger partial charge in [-0.3, -0.25) is 0 Å². The number of nitrogens with two attached hydrogens (primary N) is 1. The van der Waals surface area contributed by atoms with E-state index in [0.29, 0.717) is 5.03 Å². The molecule has 0 amide bonds. The van der Waals surface area contributed by atoms with Crippen molar-refractivity contribution in [1.82, 2.24) is 9.97 Å². The molecular weight excluding hydrogens is 446 g/mol. The van der Waals surface area contributed by atoms with Crippen LogP contribution in [0.5, 0.6) is 5.75 Å². The zero-order valence-electron chi connectivity index (χ0n) is 15.7. The fraction of sp³-hybridized carbons (Fsp3) is 0.158. The first-order valence-corrected chi connectivity index (χ1v) is 9.34. The van der Waals surface area contributed by atoms with E-state index in [9.17, 15) is 26.3 Å². The van der Waals surface area contributed by atoms with E-state index in [1.165, 1.54) is 13.0 Å². The Kier molecular flexibility index (Phi) is 6.20. The molecule has 0 saturated carbocycles. The van der Waals surface area contributed by atoms with E-state index >= 15 is 0 Å². The lowest BCUT2D eigenvalue weighted by Gasteiger charge is -2.17. The summed E-state index contributed by atoms with van der Waals surface area (Å²) in [7, 11) is 0. The van der Waals surface area contributed by atoms with Crippen molar-refractivity contribution in [3.63, 3.8) is 0 Å². The van der Waals surface area contributed by atoms with Crippen molar-refractivity contribution >= 4 is 23.6 Å². The molecule has 12 heteroatoms. The van der Waals surface area contributed by atoms with E-state index in [0.717, 1.165) is 36.2 Å². The summed E-state index contributed by atoms with van der Waals surface area (Å²) in [6.07, 6.45) is -9.77. The Hall–Kier alpha value is -3.15. The largest absolute Gasteiger partial charge is 0.573 e. The maximum absolute atomic E-state index is 13.6. The third-order valence-corrected chi connectivity index (χ3v) is 4.65. The van der Waals surface area contributed by atoms with Crippen molar-refractivity contribution in [3.05, 3.63) is 59.7 Å². The molecule has 2 aromatic heterocycles. The van der Waals surface area contributed by atoms with Gasteiger partial charge in [-0.1, -0.05) is 12.1 Å². The van der Waals surface area contributed by atoms with Gasteiger partial charge in [0.25, 0.3) is 0 Å². The highest BCUT2D eigenvalue weighted by molar-refractivity contribution is 8.00. The summed E-state index contributed by atoms with van der Waals surface area (Å²) < 4.78 is 85.0. The molecule has 164 valence electrons. The third-order valence-electron chi connectivity index (χ3n) is 3.90. The van der Waals surface area contributed by atoms with Crippen molar-refractivity contribution in [2.24, 2.45) is 0 Å². The average Bonchev–Trinajstić information content (AvgIpc) is 2.66. The van der Waals surface area contributed by atoms with Gasteiger partial charge in [0.2, 0.25) is 0 Å². The van der Waals surface area contributed by atoms with Gasteiger partial charge in [-0.15, -0.1) is 13.2 Å². The van der Waals surface area contributed by atoms with Crippen LogP contribution in [-0.4, -0.2) is 16.3 Å². The molecule has 3 N–H and O–H groups in total. The number of aryl methyl sites for hydroxylation is 1. The van der Waals surface area contributed by atoms with Crippen LogP contribution >= 0.6 is 11.9 Å². The Morgan fingerprint density at radius 1 is 0.968 bits per heavy atom. The summed E-state index contributed by atoms with van der Waals surface area (Å²) >= 11 is 0.962. The van der Waals surface area contributed by atoms with Crippen LogP contribution in [0.25, 0.3) is 11.3 Å². The predicted molar refractivity (Wildman–Crippen MR) is 104 cm³/mol. The maximum Gasteiger partial charge on any atom is 0.573 e. The van der Waals surface area contributed by atoms with Gasteiger partial charge < -0.3 is 15.2 Å². The van der Waals surface area contributed by atoms with Crippen molar-refractivity contribution in [1.29, 1.82) is 0 Å². The van der Waals surface area contributed by atoms with E-state index in [-0.39, 0.29) is 22.8 Å². The number of nitrogen functional groups attached to an aromatic ring is 1. The maximum atomic E-state index is 13.6. The number of hydrogen-bond donors (Lipinski definition) is 2. The first-order chi connectivity index (χ1) is 14.4. The Balaban J connectivity index is 2.01. The van der Waals surface area contributed by atoms with Gasteiger partial charge in [0, 0.05) is 17.5 Å². The van der Waals surface area contributed by atoms with E-state index in [1.807, 2.05) is 0 Å². The Labute approximate surface area is 176 Å². The molecular formula is C19H14F6N4OS. The molecule has 2 heterocycles. The van der Waals surface area contributed by atoms with Crippen LogP contribution in [-0.2, 0) is 6.18 Å². The molecule has 0 bridgehead atoms. The van der Waals surface area contributed by atoms with E-state index in [2.05, 4.69) is 19.4 Å². The van der Waals surface area contributed by atoms with Crippen molar-refractivity contribution in [2.45, 2.75) is 24.5 Å². The topological polar surface area (TPSA) is 73.1 Å². The van der Waals surface area contributed by atoms with Crippen LogP contribution < -0.4 is 15.2 Å². The standard InChI is InChI=1S/C19H14F6N4OS/c1-10-5-6-11(30-19(23,24)25)9-12(10)17-13(18(20,21)22)7-8-15(28-17)29-31-16-4-2-3-14(26)27-16/h2-9H,1H3,(H2,26,27)(H,28,29). The third kappa shape index (κ3) is 5.94. The summed E-state index contributed by atoms with van der Waals surface area (Å²) in [6, 6.07) is 9.86. The number of hydrogen-bond acceptors (Lipinski definition) is 6. The number of pyridine rings is 2. The van der Waals surface area contributed by atoms with E-state index in [4.69, 9.17) is 5.73 Å². The van der Waals surface area contributed by atoms with Gasteiger partial charge in [-0.05, 0) is 48.9 Å². The SMILES string of the molecule is Cc1ccc(OC(F)(F)F)cc1-c1nc(NSc2cccc(N)n2)ccc1C(F)(F)F. The zero-order chi connectivity index (χ0) is 22.8. The predicted octanol–water partition coefficient (Wildman–Crippen LogP) is 6.07. The number of rotatable bonds is 5. The minimum Gasteiger partial charge on any atom is -0.406 e. The van der Waals surface area contributed by atoms with Crippen LogP contribution in [0.3, 0.4) is 0 Å². The number of nitrogens with zero attached hydrogens (tertiary/aromatic N) is 2. The van der Waals surface area contributed by atoms with Crippen LogP contribution in [0.1, 0.15) is 11.1 Å². The minimum absolute atomic E-state index is 0.0405. The molecule has 1 aromatic carbocycles. The molecule has 0 radical (unpaired) electrons. The number of anilines is 2. The highest BCUT2D eigenvalue weighted by Crippen LogP contribution is 2.39. The molecule has 5 nitrogen and oxygen atoms in total. The summed E-state index contributed by atoms with van der Waals surface area (Å²) in [6.45, 7) is 1.46. The number of alkyl halides is 6. The quantitative estimate of drug-likeness (QED) is 0.356. The van der Waals surface area contributed by atoms with Crippen LogP contribution in [0, 0.1) is 6.92 Å².